The topological polar surface area (TPSA) is 0 Å². The molecule has 0 fully saturated rings. The first-order valence-electron chi connectivity index (χ1n) is 8.09. The predicted molar refractivity (Wildman–Crippen MR) is 80.1 cm³/mol. The van der Waals surface area contributed by atoms with Crippen molar-refractivity contribution in [3.8, 4) is 0 Å². The maximum atomic E-state index is 2.63. The molecule has 0 heterocycles. The minimum atomic E-state index is 0.832. The van der Waals surface area contributed by atoms with E-state index < -0.39 is 0 Å². The largest absolute Gasteiger partial charge is 0.0654 e. The van der Waals surface area contributed by atoms with Crippen LogP contribution in [0.25, 0.3) is 0 Å². The van der Waals surface area contributed by atoms with Crippen LogP contribution in [-0.4, -0.2) is 0 Å². The molecule has 0 N–H and O–H groups in total. The van der Waals surface area contributed by atoms with Gasteiger partial charge < -0.3 is 0 Å². The van der Waals surface area contributed by atoms with E-state index in [1.807, 2.05) is 0 Å². The molecule has 0 saturated carbocycles. The average molecular weight is 239 g/mol. The SMILES string of the molecule is CCCCCCCC(C)[CH]C(CC)CCCC. The molecule has 0 aromatic carbocycles. The van der Waals surface area contributed by atoms with Crippen molar-refractivity contribution in [1.82, 2.24) is 0 Å². The Labute approximate surface area is 111 Å². The summed E-state index contributed by atoms with van der Waals surface area (Å²) in [5, 5.41) is 0. The molecule has 0 rings (SSSR count). The van der Waals surface area contributed by atoms with Gasteiger partial charge in [-0.3, -0.25) is 0 Å². The van der Waals surface area contributed by atoms with Gasteiger partial charge in [0.05, 0.1) is 0 Å². The van der Waals surface area contributed by atoms with Crippen LogP contribution in [0.2, 0.25) is 0 Å². The Morgan fingerprint density at radius 3 is 2.00 bits per heavy atom. The van der Waals surface area contributed by atoms with Gasteiger partial charge in [-0.1, -0.05) is 91.9 Å². The van der Waals surface area contributed by atoms with Crippen molar-refractivity contribution in [1.29, 1.82) is 0 Å². The standard InChI is InChI=1S/C17H35/c1-5-8-10-11-12-13-16(4)15-17(7-3)14-9-6-2/h15-17H,5-14H2,1-4H3. The van der Waals surface area contributed by atoms with Gasteiger partial charge in [0.2, 0.25) is 0 Å². The summed E-state index contributed by atoms with van der Waals surface area (Å²) < 4.78 is 0. The van der Waals surface area contributed by atoms with Crippen molar-refractivity contribution >= 4 is 0 Å². The van der Waals surface area contributed by atoms with Crippen LogP contribution < -0.4 is 0 Å². The highest BCUT2D eigenvalue weighted by atomic mass is 14.2. The zero-order chi connectivity index (χ0) is 12.9. The molecule has 0 bridgehead atoms. The van der Waals surface area contributed by atoms with Gasteiger partial charge in [-0.15, -0.1) is 0 Å². The molecule has 17 heavy (non-hydrogen) atoms. The molecule has 0 saturated heterocycles. The summed E-state index contributed by atoms with van der Waals surface area (Å²) >= 11 is 0. The molecule has 0 nitrogen and oxygen atoms in total. The maximum absolute atomic E-state index is 2.63. The lowest BCUT2D eigenvalue weighted by Crippen LogP contribution is -2.07. The second kappa shape index (κ2) is 12.5. The molecule has 0 heteroatoms. The third-order valence-electron chi connectivity index (χ3n) is 3.82. The van der Waals surface area contributed by atoms with Gasteiger partial charge in [-0.25, -0.2) is 0 Å². The van der Waals surface area contributed by atoms with Crippen molar-refractivity contribution in [2.24, 2.45) is 11.8 Å². The van der Waals surface area contributed by atoms with Crippen LogP contribution >= 0.6 is 0 Å². The first-order valence-corrected chi connectivity index (χ1v) is 8.09. The van der Waals surface area contributed by atoms with E-state index in [0.29, 0.717) is 0 Å². The fourth-order valence-electron chi connectivity index (χ4n) is 2.53. The van der Waals surface area contributed by atoms with Gasteiger partial charge in [0.25, 0.3) is 0 Å². The monoisotopic (exact) mass is 239 g/mol. The molecule has 0 aliphatic rings. The molecule has 0 aliphatic carbocycles. The summed E-state index contributed by atoms with van der Waals surface area (Å²) in [6.07, 6.45) is 16.6. The van der Waals surface area contributed by atoms with Gasteiger partial charge in [0, 0.05) is 0 Å². The minimum absolute atomic E-state index is 0.832. The average Bonchev–Trinajstić information content (AvgIpc) is 2.34. The second-order valence-corrected chi connectivity index (χ2v) is 5.68. The summed E-state index contributed by atoms with van der Waals surface area (Å²) in [6, 6.07) is 0. The van der Waals surface area contributed by atoms with E-state index in [2.05, 4.69) is 34.1 Å². The van der Waals surface area contributed by atoms with Gasteiger partial charge in [-0.05, 0) is 18.3 Å². The quantitative estimate of drug-likeness (QED) is 0.345. The predicted octanol–water partition coefficient (Wildman–Crippen LogP) is 6.40. The van der Waals surface area contributed by atoms with Crippen LogP contribution in [0.1, 0.15) is 91.9 Å². The van der Waals surface area contributed by atoms with Crippen LogP contribution in [0.15, 0.2) is 0 Å². The van der Waals surface area contributed by atoms with E-state index in [-0.39, 0.29) is 0 Å². The lowest BCUT2D eigenvalue weighted by molar-refractivity contribution is 0.428. The van der Waals surface area contributed by atoms with E-state index in [1.54, 1.807) is 0 Å². The molecule has 2 atom stereocenters. The number of unbranched alkanes of at least 4 members (excludes halogenated alkanes) is 5. The van der Waals surface area contributed by atoms with Gasteiger partial charge in [-0.2, -0.15) is 0 Å². The first-order chi connectivity index (χ1) is 8.24. The summed E-state index contributed by atoms with van der Waals surface area (Å²) in [7, 11) is 0. The Bertz CT molecular complexity index is 139. The number of hydrogen-bond acceptors (Lipinski definition) is 0. The van der Waals surface area contributed by atoms with Crippen LogP contribution in [0.3, 0.4) is 0 Å². The van der Waals surface area contributed by atoms with Crippen molar-refractivity contribution < 1.29 is 0 Å². The molecule has 0 aromatic rings. The van der Waals surface area contributed by atoms with Crippen LogP contribution in [0.4, 0.5) is 0 Å². The fourth-order valence-corrected chi connectivity index (χ4v) is 2.53. The maximum Gasteiger partial charge on any atom is -0.0327 e. The molecule has 0 spiro atoms. The highest BCUT2D eigenvalue weighted by molar-refractivity contribution is 4.80. The van der Waals surface area contributed by atoms with E-state index in [4.69, 9.17) is 0 Å². The summed E-state index contributed by atoms with van der Waals surface area (Å²) in [5.41, 5.74) is 0. The fraction of sp³-hybridized carbons (Fsp3) is 0.941. The molecule has 2 unspecified atom stereocenters. The van der Waals surface area contributed by atoms with E-state index >= 15 is 0 Å². The summed E-state index contributed by atoms with van der Waals surface area (Å²) in [4.78, 5) is 0. The summed E-state index contributed by atoms with van der Waals surface area (Å²) in [5.74, 6) is 1.71. The lowest BCUT2D eigenvalue weighted by Gasteiger charge is -2.19. The second-order valence-electron chi connectivity index (χ2n) is 5.68. The third-order valence-corrected chi connectivity index (χ3v) is 3.82. The lowest BCUT2D eigenvalue weighted by atomic mass is 9.87. The molecule has 0 aromatic heterocycles. The summed E-state index contributed by atoms with van der Waals surface area (Å²) in [6.45, 7) is 9.33. The van der Waals surface area contributed by atoms with Crippen molar-refractivity contribution in [3.63, 3.8) is 0 Å². The van der Waals surface area contributed by atoms with Crippen molar-refractivity contribution in [2.75, 3.05) is 0 Å². The Balaban J connectivity index is 3.49. The van der Waals surface area contributed by atoms with Crippen molar-refractivity contribution in [3.05, 3.63) is 6.42 Å². The molecule has 0 amide bonds. The van der Waals surface area contributed by atoms with Crippen molar-refractivity contribution in [2.45, 2.75) is 91.9 Å². The van der Waals surface area contributed by atoms with Crippen LogP contribution in [-0.2, 0) is 0 Å². The van der Waals surface area contributed by atoms with Crippen LogP contribution in [0.5, 0.6) is 0 Å². The zero-order valence-corrected chi connectivity index (χ0v) is 12.8. The number of hydrogen-bond donors (Lipinski definition) is 0. The zero-order valence-electron chi connectivity index (χ0n) is 12.8. The minimum Gasteiger partial charge on any atom is -0.0654 e. The van der Waals surface area contributed by atoms with E-state index in [1.165, 1.54) is 64.2 Å². The molecular weight excluding hydrogens is 204 g/mol. The Morgan fingerprint density at radius 2 is 1.41 bits per heavy atom. The van der Waals surface area contributed by atoms with Gasteiger partial charge in [0.15, 0.2) is 0 Å². The highest BCUT2D eigenvalue weighted by Gasteiger charge is 2.11. The van der Waals surface area contributed by atoms with Crippen LogP contribution in [0, 0.1) is 18.3 Å². The van der Waals surface area contributed by atoms with Gasteiger partial charge >= 0.3 is 0 Å². The Morgan fingerprint density at radius 1 is 0.765 bits per heavy atom. The molecule has 103 valence electrons. The molecule has 1 radical (unpaired) electrons. The third kappa shape index (κ3) is 10.9. The van der Waals surface area contributed by atoms with E-state index in [9.17, 15) is 0 Å². The first kappa shape index (κ1) is 17.0. The molecule has 0 aliphatic heterocycles. The smallest absolute Gasteiger partial charge is 0.0327 e. The highest BCUT2D eigenvalue weighted by Crippen LogP contribution is 2.23. The van der Waals surface area contributed by atoms with E-state index in [0.717, 1.165) is 11.8 Å². The molecular formula is C17H35. The number of rotatable bonds is 12. The Kier molecular flexibility index (Phi) is 12.5. The normalized spacial score (nSPS) is 14.8. The Hall–Kier alpha value is 0. The van der Waals surface area contributed by atoms with Gasteiger partial charge in [0.1, 0.15) is 0 Å².